The summed E-state index contributed by atoms with van der Waals surface area (Å²) in [5, 5.41) is 3.50. The van der Waals surface area contributed by atoms with E-state index in [0.717, 1.165) is 38.2 Å². The summed E-state index contributed by atoms with van der Waals surface area (Å²) < 4.78 is 16.7. The summed E-state index contributed by atoms with van der Waals surface area (Å²) in [7, 11) is 4.97. The smallest absolute Gasteiger partial charge is 0.203 e. The van der Waals surface area contributed by atoms with E-state index >= 15 is 0 Å². The van der Waals surface area contributed by atoms with Gasteiger partial charge in [0.15, 0.2) is 11.5 Å². The Balaban J connectivity index is 2.14. The van der Waals surface area contributed by atoms with Gasteiger partial charge in [0.1, 0.15) is 0 Å². The zero-order chi connectivity index (χ0) is 19.2. The van der Waals surface area contributed by atoms with Gasteiger partial charge >= 0.3 is 0 Å². The van der Waals surface area contributed by atoms with Crippen molar-refractivity contribution in [1.82, 2.24) is 10.2 Å². The van der Waals surface area contributed by atoms with E-state index in [2.05, 4.69) is 53.5 Å². The standard InChI is InChI=1S/C22H30N2O3/c1-16-8-5-6-9-18(16)21(24-12-7-10-23-11-13-24)17-14-19(25-2)22(27-4)20(15-17)26-3/h5-6,8-9,14-15,21,23H,7,10-13H2,1-4H3. The molecule has 0 amide bonds. The number of nitrogens with zero attached hydrogens (tertiary/aromatic N) is 1. The van der Waals surface area contributed by atoms with Gasteiger partial charge in [0, 0.05) is 19.6 Å². The van der Waals surface area contributed by atoms with Crippen LogP contribution in [0.5, 0.6) is 17.2 Å². The first-order chi connectivity index (χ1) is 13.2. The minimum absolute atomic E-state index is 0.139. The second kappa shape index (κ2) is 9.11. The van der Waals surface area contributed by atoms with Crippen LogP contribution in [0.4, 0.5) is 0 Å². The average molecular weight is 370 g/mol. The maximum atomic E-state index is 5.61. The highest BCUT2D eigenvalue weighted by molar-refractivity contribution is 5.55. The van der Waals surface area contributed by atoms with E-state index in [1.165, 1.54) is 11.1 Å². The second-order valence-electron chi connectivity index (χ2n) is 6.86. The number of ether oxygens (including phenoxy) is 3. The molecule has 3 rings (SSSR count). The van der Waals surface area contributed by atoms with Crippen molar-refractivity contribution in [3.63, 3.8) is 0 Å². The van der Waals surface area contributed by atoms with Crippen LogP contribution in [0.15, 0.2) is 36.4 Å². The molecule has 0 radical (unpaired) electrons. The van der Waals surface area contributed by atoms with Crippen LogP contribution in [0, 0.1) is 6.92 Å². The maximum Gasteiger partial charge on any atom is 0.203 e. The van der Waals surface area contributed by atoms with Crippen LogP contribution in [0.3, 0.4) is 0 Å². The molecule has 2 aromatic carbocycles. The minimum atomic E-state index is 0.139. The van der Waals surface area contributed by atoms with E-state index in [9.17, 15) is 0 Å². The quantitative estimate of drug-likeness (QED) is 0.844. The fourth-order valence-electron chi connectivity index (χ4n) is 3.86. The molecular weight excluding hydrogens is 340 g/mol. The predicted molar refractivity (Wildman–Crippen MR) is 108 cm³/mol. The van der Waals surface area contributed by atoms with Gasteiger partial charge in [0.2, 0.25) is 5.75 Å². The number of rotatable bonds is 6. The third-order valence-corrected chi connectivity index (χ3v) is 5.23. The van der Waals surface area contributed by atoms with Gasteiger partial charge in [-0.1, -0.05) is 24.3 Å². The lowest BCUT2D eigenvalue weighted by atomic mass is 9.92. The van der Waals surface area contributed by atoms with E-state index in [1.54, 1.807) is 21.3 Å². The van der Waals surface area contributed by atoms with Gasteiger partial charge in [-0.25, -0.2) is 0 Å². The Hall–Kier alpha value is -2.24. The third kappa shape index (κ3) is 4.20. The second-order valence-corrected chi connectivity index (χ2v) is 6.86. The molecule has 1 aliphatic heterocycles. The molecule has 1 N–H and O–H groups in total. The van der Waals surface area contributed by atoms with Gasteiger partial charge in [-0.3, -0.25) is 4.90 Å². The van der Waals surface area contributed by atoms with Crippen molar-refractivity contribution in [2.24, 2.45) is 0 Å². The highest BCUT2D eigenvalue weighted by Gasteiger charge is 2.27. The summed E-state index contributed by atoms with van der Waals surface area (Å²) in [6, 6.07) is 12.9. The zero-order valence-electron chi connectivity index (χ0n) is 16.7. The van der Waals surface area contributed by atoms with E-state index < -0.39 is 0 Å². The fourth-order valence-corrected chi connectivity index (χ4v) is 3.86. The van der Waals surface area contributed by atoms with Crippen molar-refractivity contribution in [3.8, 4) is 17.2 Å². The van der Waals surface area contributed by atoms with Gasteiger partial charge in [0.25, 0.3) is 0 Å². The van der Waals surface area contributed by atoms with Crippen LogP contribution in [0.1, 0.15) is 29.2 Å². The minimum Gasteiger partial charge on any atom is -0.493 e. The van der Waals surface area contributed by atoms with Crippen LogP contribution < -0.4 is 19.5 Å². The summed E-state index contributed by atoms with van der Waals surface area (Å²) >= 11 is 0. The van der Waals surface area contributed by atoms with Crippen molar-refractivity contribution in [2.45, 2.75) is 19.4 Å². The molecule has 1 atom stereocenters. The topological polar surface area (TPSA) is 43.0 Å². The summed E-state index contributed by atoms with van der Waals surface area (Å²) in [6.45, 7) is 6.27. The number of hydrogen-bond donors (Lipinski definition) is 1. The highest BCUT2D eigenvalue weighted by Crippen LogP contribution is 2.42. The number of benzene rings is 2. The first kappa shape index (κ1) is 19.5. The van der Waals surface area contributed by atoms with Gasteiger partial charge in [-0.15, -0.1) is 0 Å². The Morgan fingerprint density at radius 2 is 1.63 bits per heavy atom. The van der Waals surface area contributed by atoms with Gasteiger partial charge in [-0.05, 0) is 48.7 Å². The van der Waals surface area contributed by atoms with Gasteiger partial charge in [-0.2, -0.15) is 0 Å². The lowest BCUT2D eigenvalue weighted by molar-refractivity contribution is 0.239. The summed E-state index contributed by atoms with van der Waals surface area (Å²) in [4.78, 5) is 2.54. The summed E-state index contributed by atoms with van der Waals surface area (Å²) in [5.41, 5.74) is 3.75. The average Bonchev–Trinajstić information content (AvgIpc) is 2.98. The molecule has 0 aliphatic carbocycles. The van der Waals surface area contributed by atoms with Crippen molar-refractivity contribution >= 4 is 0 Å². The molecule has 0 saturated carbocycles. The molecular formula is C22H30N2O3. The zero-order valence-corrected chi connectivity index (χ0v) is 16.7. The van der Waals surface area contributed by atoms with Crippen LogP contribution >= 0.6 is 0 Å². The Morgan fingerprint density at radius 1 is 0.926 bits per heavy atom. The van der Waals surface area contributed by atoms with E-state index in [4.69, 9.17) is 14.2 Å². The largest absolute Gasteiger partial charge is 0.493 e. The highest BCUT2D eigenvalue weighted by atomic mass is 16.5. The molecule has 0 aromatic heterocycles. The van der Waals surface area contributed by atoms with Crippen molar-refractivity contribution in [1.29, 1.82) is 0 Å². The first-order valence-corrected chi connectivity index (χ1v) is 9.49. The third-order valence-electron chi connectivity index (χ3n) is 5.23. The molecule has 5 heteroatoms. The lowest BCUT2D eigenvalue weighted by Crippen LogP contribution is -2.33. The number of aryl methyl sites for hydroxylation is 1. The van der Waals surface area contributed by atoms with E-state index in [1.807, 2.05) is 0 Å². The molecule has 5 nitrogen and oxygen atoms in total. The number of nitrogens with one attached hydrogen (secondary N) is 1. The first-order valence-electron chi connectivity index (χ1n) is 9.49. The summed E-state index contributed by atoms with van der Waals surface area (Å²) in [5.74, 6) is 2.02. The van der Waals surface area contributed by atoms with Gasteiger partial charge in [0.05, 0.1) is 27.4 Å². The maximum absolute atomic E-state index is 5.61. The van der Waals surface area contributed by atoms with E-state index in [0.29, 0.717) is 17.2 Å². The van der Waals surface area contributed by atoms with Crippen molar-refractivity contribution < 1.29 is 14.2 Å². The summed E-state index contributed by atoms with van der Waals surface area (Å²) in [6.07, 6.45) is 1.13. The molecule has 1 saturated heterocycles. The molecule has 0 spiro atoms. The Kier molecular flexibility index (Phi) is 6.58. The predicted octanol–water partition coefficient (Wildman–Crippen LogP) is 3.41. The molecule has 27 heavy (non-hydrogen) atoms. The van der Waals surface area contributed by atoms with Gasteiger partial charge < -0.3 is 19.5 Å². The Bertz CT molecular complexity index is 730. The molecule has 146 valence electrons. The van der Waals surface area contributed by atoms with Crippen LogP contribution in [-0.2, 0) is 0 Å². The Labute approximate surface area is 162 Å². The monoisotopic (exact) mass is 370 g/mol. The normalized spacial score (nSPS) is 16.4. The van der Waals surface area contributed by atoms with Crippen LogP contribution in [-0.4, -0.2) is 52.4 Å². The number of hydrogen-bond acceptors (Lipinski definition) is 5. The van der Waals surface area contributed by atoms with Crippen LogP contribution in [0.2, 0.25) is 0 Å². The molecule has 1 unspecified atom stereocenters. The lowest BCUT2D eigenvalue weighted by Gasteiger charge is -2.33. The molecule has 1 aliphatic rings. The molecule has 0 bridgehead atoms. The molecule has 2 aromatic rings. The SMILES string of the molecule is COc1cc(C(c2ccccc2C)N2CCCNCC2)cc(OC)c1OC. The molecule has 1 heterocycles. The van der Waals surface area contributed by atoms with Crippen molar-refractivity contribution in [2.75, 3.05) is 47.5 Å². The van der Waals surface area contributed by atoms with Crippen LogP contribution in [0.25, 0.3) is 0 Å². The van der Waals surface area contributed by atoms with E-state index in [-0.39, 0.29) is 6.04 Å². The number of methoxy groups -OCH3 is 3. The fraction of sp³-hybridized carbons (Fsp3) is 0.455. The van der Waals surface area contributed by atoms with Crippen molar-refractivity contribution in [3.05, 3.63) is 53.1 Å². The Morgan fingerprint density at radius 3 is 2.26 bits per heavy atom. The molecule has 1 fully saturated rings.